The van der Waals surface area contributed by atoms with Crippen molar-refractivity contribution in [2.75, 3.05) is 0 Å². The minimum Gasteiger partial charge on any atom is -1.00 e. The topological polar surface area (TPSA) is 83.8 Å². The van der Waals surface area contributed by atoms with Gasteiger partial charge in [0.25, 0.3) is 0 Å². The zero-order chi connectivity index (χ0) is 43.4. The van der Waals surface area contributed by atoms with E-state index in [4.69, 9.17) is 8.74 Å². The largest absolute Gasteiger partial charge is 1.00 e. The van der Waals surface area contributed by atoms with Crippen molar-refractivity contribution < 1.29 is 53.2 Å². The van der Waals surface area contributed by atoms with Crippen molar-refractivity contribution >= 4 is 10.4 Å². The van der Waals surface area contributed by atoms with E-state index >= 15 is 0 Å². The molecule has 6 fully saturated rings. The third-order valence-electron chi connectivity index (χ3n) is 20.8. The molecule has 346 valence electrons. The third kappa shape index (κ3) is 10.3. The molecule has 0 aromatic rings. The van der Waals surface area contributed by atoms with Gasteiger partial charge in [-0.1, -0.05) is 131 Å². The Morgan fingerprint density at radius 2 is 1.07 bits per heavy atom. The van der Waals surface area contributed by atoms with Gasteiger partial charge in [0.05, 0.1) is 12.2 Å². The fraction of sp³-hybridized carbons (Fsp3) is 0.926. The Balaban J connectivity index is 0.000000229. The first kappa shape index (κ1) is 50.7. The number of hydrogen-bond acceptors (Lipinski definition) is 4. The Morgan fingerprint density at radius 3 is 1.51 bits per heavy atom. The molecule has 8 rings (SSSR count). The van der Waals surface area contributed by atoms with E-state index in [0.717, 1.165) is 90.8 Å². The summed E-state index contributed by atoms with van der Waals surface area (Å²) in [4.78, 5) is 0. The van der Waals surface area contributed by atoms with Gasteiger partial charge in [0.2, 0.25) is 0 Å². The van der Waals surface area contributed by atoms with Crippen molar-refractivity contribution in [3.8, 4) is 0 Å². The Bertz CT molecular complexity index is 1660. The van der Waals surface area contributed by atoms with Crippen LogP contribution in [0.5, 0.6) is 0 Å². The molecular weight excluding hydrogens is 784 g/mol. The van der Waals surface area contributed by atoms with Crippen molar-refractivity contribution in [2.24, 2.45) is 92.7 Å². The molecule has 6 saturated carbocycles. The van der Waals surface area contributed by atoms with Crippen LogP contribution in [0.25, 0.3) is 0 Å². The Kier molecular flexibility index (Phi) is 16.5. The van der Waals surface area contributed by atoms with Crippen LogP contribution in [0.1, 0.15) is 212 Å². The molecule has 0 heterocycles. The monoisotopic (exact) mass is 877 g/mol. The molecule has 0 radical (unpaired) electrons. The summed E-state index contributed by atoms with van der Waals surface area (Å²) >= 11 is 0. The van der Waals surface area contributed by atoms with Gasteiger partial charge in [-0.05, 0) is 195 Å². The van der Waals surface area contributed by atoms with E-state index in [1.54, 1.807) is 5.57 Å². The smallest absolute Gasteiger partial charge is 1.00 e. The average molecular weight is 877 g/mol. The SMILES string of the molecule is CC(C)CCC[C@@H](C)[C@H]1CCC2C3CC=C4CC(OS(=O)(=O)O)CC[C@]4(C)C3CC[C@@]21C.CC(C)CCC[C@@H](C)[C@H]1CCC2[C@H]3CC=C4CC(O)CC[C@]4(C)[C@@H]3CC[C@@]21C.[H-].[Na+]. The zero-order valence-corrected chi connectivity index (χ0v) is 44.1. The Morgan fingerprint density at radius 1 is 0.623 bits per heavy atom. The number of aliphatic hydroxyl groups excluding tert-OH is 1. The fourth-order valence-corrected chi connectivity index (χ4v) is 18.1. The van der Waals surface area contributed by atoms with Crippen LogP contribution in [-0.2, 0) is 14.6 Å². The molecule has 0 saturated heterocycles. The molecule has 0 bridgehead atoms. The van der Waals surface area contributed by atoms with Crippen LogP contribution in [0.15, 0.2) is 23.3 Å². The summed E-state index contributed by atoms with van der Waals surface area (Å²) in [5, 5.41) is 10.2. The summed E-state index contributed by atoms with van der Waals surface area (Å²) in [6, 6.07) is 0. The van der Waals surface area contributed by atoms with Gasteiger partial charge in [-0.15, -0.1) is 0 Å². The minimum absolute atomic E-state index is 0. The van der Waals surface area contributed by atoms with Crippen LogP contribution < -0.4 is 29.6 Å². The second kappa shape index (κ2) is 19.9. The van der Waals surface area contributed by atoms with E-state index in [2.05, 4.69) is 81.4 Å². The van der Waals surface area contributed by atoms with Crippen LogP contribution in [0, 0.1) is 92.7 Å². The maximum absolute atomic E-state index is 11.2. The van der Waals surface area contributed by atoms with E-state index in [9.17, 15) is 13.5 Å². The molecule has 5 nitrogen and oxygen atoms in total. The maximum atomic E-state index is 11.2. The number of aliphatic hydroxyl groups is 1. The molecule has 7 heteroatoms. The molecule has 0 amide bonds. The van der Waals surface area contributed by atoms with Crippen LogP contribution in [0.2, 0.25) is 0 Å². The van der Waals surface area contributed by atoms with Crippen LogP contribution in [-0.4, -0.2) is 30.3 Å². The quantitative estimate of drug-likeness (QED) is 0.116. The van der Waals surface area contributed by atoms with Gasteiger partial charge in [0.15, 0.2) is 0 Å². The second-order valence-corrected chi connectivity index (χ2v) is 25.9. The van der Waals surface area contributed by atoms with Crippen LogP contribution >= 0.6 is 0 Å². The molecule has 6 unspecified atom stereocenters. The summed E-state index contributed by atoms with van der Waals surface area (Å²) in [6.45, 7) is 24.8. The molecule has 0 spiro atoms. The van der Waals surface area contributed by atoms with Gasteiger partial charge in [-0.25, -0.2) is 4.18 Å². The first-order chi connectivity index (χ1) is 28.2. The molecule has 2 N–H and O–H groups in total. The summed E-state index contributed by atoms with van der Waals surface area (Å²) in [5.74, 6) is 10.3. The average Bonchev–Trinajstić information content (AvgIpc) is 3.71. The summed E-state index contributed by atoms with van der Waals surface area (Å²) < 4.78 is 36.6. The van der Waals surface area contributed by atoms with Gasteiger partial charge in [-0.3, -0.25) is 4.55 Å². The van der Waals surface area contributed by atoms with E-state index in [0.29, 0.717) is 35.0 Å². The predicted octanol–water partition coefficient (Wildman–Crippen LogP) is 11.7. The normalized spacial score (nSPS) is 43.8. The molecule has 0 aliphatic heterocycles. The fourth-order valence-electron chi connectivity index (χ4n) is 17.6. The predicted molar refractivity (Wildman–Crippen MR) is 250 cm³/mol. The van der Waals surface area contributed by atoms with E-state index in [-0.39, 0.29) is 42.5 Å². The first-order valence-electron chi connectivity index (χ1n) is 25.9. The standard InChI is InChI=1S/C27H46O4S.C27H46O.Na.H/c1-18(2)7-6-8-19(3)23-11-12-24-22-10-9-20-17-21(31-32(28,29)30)13-15-26(20,4)25(22)14-16-27(23,24)5;1-18(2)7-6-8-19(3)23-11-12-24-22-10-9-20-17-21(28)13-15-26(20,4)25(22)14-16-27(23,24)5;;/h9,18-19,21-25H,6-8,10-17H2,1-5H3,(H,28,29,30);9,18-19,21-25,28H,6-8,10-17H2,1-5H3;;/q;;+1;-1/t19-,21?,22?,23-,24?,25?,26+,27-;19-,21?,22-,23-,24?,25-,26+,27-;;/m11../s1. The van der Waals surface area contributed by atoms with Gasteiger partial charge in [0.1, 0.15) is 0 Å². The molecule has 16 atom stereocenters. The van der Waals surface area contributed by atoms with Gasteiger partial charge in [0, 0.05) is 0 Å². The molecule has 0 aromatic carbocycles. The summed E-state index contributed by atoms with van der Waals surface area (Å²) in [7, 11) is -4.38. The first-order valence-corrected chi connectivity index (χ1v) is 27.3. The van der Waals surface area contributed by atoms with Crippen molar-refractivity contribution in [3.63, 3.8) is 0 Å². The Hall–Kier alpha value is 0.310. The molecule has 8 aliphatic rings. The maximum Gasteiger partial charge on any atom is 1.00 e. The Labute approximate surface area is 399 Å². The van der Waals surface area contributed by atoms with Crippen molar-refractivity contribution in [1.29, 1.82) is 0 Å². The van der Waals surface area contributed by atoms with Gasteiger partial charge < -0.3 is 6.53 Å². The molecular formula is C54H93NaO5S. The number of fused-ring (bicyclic) bond motifs is 10. The van der Waals surface area contributed by atoms with Gasteiger partial charge in [-0.2, -0.15) is 8.42 Å². The number of allylic oxidation sites excluding steroid dienone is 2. The molecule has 0 aromatic heterocycles. The molecule has 8 aliphatic carbocycles. The van der Waals surface area contributed by atoms with Gasteiger partial charge >= 0.3 is 40.0 Å². The van der Waals surface area contributed by atoms with Crippen LogP contribution in [0.3, 0.4) is 0 Å². The van der Waals surface area contributed by atoms with Crippen molar-refractivity contribution in [1.82, 2.24) is 0 Å². The zero-order valence-electron chi connectivity index (χ0n) is 42.3. The van der Waals surface area contributed by atoms with Crippen molar-refractivity contribution in [3.05, 3.63) is 23.3 Å². The third-order valence-corrected chi connectivity index (χ3v) is 21.3. The van der Waals surface area contributed by atoms with E-state index in [1.165, 1.54) is 108 Å². The number of rotatable bonds is 12. The van der Waals surface area contributed by atoms with Crippen molar-refractivity contribution in [2.45, 2.75) is 223 Å². The summed E-state index contributed by atoms with van der Waals surface area (Å²) in [6.07, 6.45) is 32.3. The van der Waals surface area contributed by atoms with Crippen LogP contribution in [0.4, 0.5) is 0 Å². The number of hydrogen-bond donors (Lipinski definition) is 2. The second-order valence-electron chi connectivity index (χ2n) is 24.9. The van der Waals surface area contributed by atoms with E-state index in [1.807, 2.05) is 0 Å². The minimum atomic E-state index is -4.38. The summed E-state index contributed by atoms with van der Waals surface area (Å²) in [5.41, 5.74) is 4.65. The van der Waals surface area contributed by atoms with E-state index < -0.39 is 16.5 Å². The molecule has 61 heavy (non-hydrogen) atoms.